The van der Waals surface area contributed by atoms with Gasteiger partial charge in [0.1, 0.15) is 0 Å². The Kier molecular flexibility index (Phi) is 6.25. The van der Waals surface area contributed by atoms with Crippen molar-refractivity contribution in [2.45, 2.75) is 38.3 Å². The fourth-order valence-corrected chi connectivity index (χ4v) is 4.62. The highest BCUT2D eigenvalue weighted by Gasteiger charge is 2.25. The maximum Gasteiger partial charge on any atom is 0.236 e. The van der Waals surface area contributed by atoms with Crippen LogP contribution in [-0.4, -0.2) is 32.2 Å². The Bertz CT molecular complexity index is 464. The van der Waals surface area contributed by atoms with Crippen molar-refractivity contribution in [3.8, 4) is 0 Å². The summed E-state index contributed by atoms with van der Waals surface area (Å²) in [5, 5.41) is 6.34. The van der Waals surface area contributed by atoms with E-state index in [0.717, 1.165) is 6.42 Å². The van der Waals surface area contributed by atoms with Crippen LogP contribution in [0.2, 0.25) is 0 Å². The maximum absolute atomic E-state index is 12.0. The average molecular weight is 408 g/mol. The Balaban J connectivity index is 1.91. The van der Waals surface area contributed by atoms with E-state index in [4.69, 9.17) is 4.74 Å². The number of rotatable bonds is 6. The van der Waals surface area contributed by atoms with Crippen molar-refractivity contribution in [3.63, 3.8) is 0 Å². The number of hydrogen-bond acceptors (Lipinski definition) is 4. The van der Waals surface area contributed by atoms with Gasteiger partial charge in [0.05, 0.1) is 15.5 Å². The number of amides is 1. The lowest BCUT2D eigenvalue weighted by Gasteiger charge is -2.26. The third-order valence-corrected chi connectivity index (χ3v) is 5.50. The lowest BCUT2D eigenvalue weighted by Crippen LogP contribution is -2.45. The summed E-state index contributed by atoms with van der Waals surface area (Å²) < 4.78 is 6.27. The zero-order chi connectivity index (χ0) is 14.5. The molecule has 1 aliphatic rings. The van der Waals surface area contributed by atoms with Crippen LogP contribution < -0.4 is 10.6 Å². The molecule has 6 heteroatoms. The number of nitrogens with one attached hydrogen (secondary N) is 2. The molecule has 20 heavy (non-hydrogen) atoms. The van der Waals surface area contributed by atoms with Crippen LogP contribution in [0.3, 0.4) is 0 Å². The molecule has 0 aliphatic heterocycles. The Morgan fingerprint density at radius 3 is 3.20 bits per heavy atom. The fraction of sp³-hybridized carbons (Fsp3) is 0.643. The number of ether oxygens (including phenoxy) is 1. The van der Waals surface area contributed by atoms with E-state index in [-0.39, 0.29) is 11.9 Å². The minimum absolute atomic E-state index is 0.0408. The first-order valence-corrected chi connectivity index (χ1v) is 8.82. The zero-order valence-corrected chi connectivity index (χ0v) is 14.8. The first-order chi connectivity index (χ1) is 9.61. The monoisotopic (exact) mass is 408 g/mol. The SMILES string of the molecule is COCCNC(=O)C(C)NC1CCCc2sc(I)cc21. The van der Waals surface area contributed by atoms with Crippen LogP contribution in [0.5, 0.6) is 0 Å². The Morgan fingerprint density at radius 1 is 1.65 bits per heavy atom. The predicted octanol–water partition coefficient (Wildman–Crippen LogP) is 2.47. The third-order valence-electron chi connectivity index (χ3n) is 3.53. The summed E-state index contributed by atoms with van der Waals surface area (Å²) >= 11 is 4.25. The molecule has 0 fully saturated rings. The van der Waals surface area contributed by atoms with E-state index < -0.39 is 0 Å². The topological polar surface area (TPSA) is 50.4 Å². The molecular weight excluding hydrogens is 387 g/mol. The van der Waals surface area contributed by atoms with Gasteiger partial charge in [0.2, 0.25) is 5.91 Å². The number of methoxy groups -OCH3 is 1. The molecule has 0 aromatic carbocycles. The number of hydrogen-bond donors (Lipinski definition) is 2. The molecule has 2 atom stereocenters. The van der Waals surface area contributed by atoms with Crippen molar-refractivity contribution in [2.24, 2.45) is 0 Å². The quantitative estimate of drug-likeness (QED) is 0.562. The number of carbonyl (C=O) groups is 1. The van der Waals surface area contributed by atoms with Gasteiger partial charge in [0, 0.05) is 24.6 Å². The summed E-state index contributed by atoms with van der Waals surface area (Å²) in [6, 6.07) is 2.38. The highest BCUT2D eigenvalue weighted by Crippen LogP contribution is 2.36. The number of halogens is 1. The molecule has 1 aromatic heterocycles. The van der Waals surface area contributed by atoms with Crippen molar-refractivity contribution in [2.75, 3.05) is 20.3 Å². The second-order valence-electron chi connectivity index (χ2n) is 5.05. The van der Waals surface area contributed by atoms with E-state index in [1.54, 1.807) is 7.11 Å². The number of carbonyl (C=O) groups excluding carboxylic acids is 1. The van der Waals surface area contributed by atoms with Crippen molar-refractivity contribution < 1.29 is 9.53 Å². The molecule has 0 saturated heterocycles. The van der Waals surface area contributed by atoms with Gasteiger partial charge in [0.15, 0.2) is 0 Å². The van der Waals surface area contributed by atoms with E-state index in [1.165, 1.54) is 26.2 Å². The van der Waals surface area contributed by atoms with Gasteiger partial charge >= 0.3 is 0 Å². The number of fused-ring (bicyclic) bond motifs is 1. The molecule has 0 radical (unpaired) electrons. The van der Waals surface area contributed by atoms with Crippen LogP contribution in [0.15, 0.2) is 6.07 Å². The molecule has 1 amide bonds. The Morgan fingerprint density at radius 2 is 2.45 bits per heavy atom. The molecule has 2 rings (SSSR count). The summed E-state index contributed by atoms with van der Waals surface area (Å²) in [7, 11) is 1.63. The van der Waals surface area contributed by atoms with Crippen molar-refractivity contribution in [1.82, 2.24) is 10.6 Å². The van der Waals surface area contributed by atoms with Crippen LogP contribution in [-0.2, 0) is 16.0 Å². The molecule has 1 aromatic rings. The largest absolute Gasteiger partial charge is 0.383 e. The normalized spacial score (nSPS) is 19.4. The van der Waals surface area contributed by atoms with Gasteiger partial charge < -0.3 is 10.1 Å². The lowest BCUT2D eigenvalue weighted by atomic mass is 9.93. The minimum Gasteiger partial charge on any atom is -0.383 e. The average Bonchev–Trinajstić information content (AvgIpc) is 2.80. The smallest absolute Gasteiger partial charge is 0.236 e. The number of aryl methyl sites for hydroxylation is 1. The molecule has 1 heterocycles. The van der Waals surface area contributed by atoms with Crippen LogP contribution in [0.25, 0.3) is 0 Å². The standard InChI is InChI=1S/C14H21IN2O2S/c1-9(14(18)16-6-7-19-2)17-11-4-3-5-12-10(11)8-13(15)20-12/h8-9,11,17H,3-7H2,1-2H3,(H,16,18). The summed E-state index contributed by atoms with van der Waals surface area (Å²) in [6.45, 7) is 3.04. The highest BCUT2D eigenvalue weighted by atomic mass is 127. The molecular formula is C14H21IN2O2S. The van der Waals surface area contributed by atoms with Gasteiger partial charge in [0.25, 0.3) is 0 Å². The Labute approximate surface area is 137 Å². The van der Waals surface area contributed by atoms with E-state index in [9.17, 15) is 4.79 Å². The highest BCUT2D eigenvalue weighted by molar-refractivity contribution is 14.1. The summed E-state index contributed by atoms with van der Waals surface area (Å²) in [5.74, 6) is 0.0408. The first kappa shape index (κ1) is 16.2. The van der Waals surface area contributed by atoms with Crippen molar-refractivity contribution in [1.29, 1.82) is 0 Å². The van der Waals surface area contributed by atoms with Crippen molar-refractivity contribution >= 4 is 39.8 Å². The molecule has 0 spiro atoms. The molecule has 2 N–H and O–H groups in total. The van der Waals surface area contributed by atoms with Crippen LogP contribution in [0.4, 0.5) is 0 Å². The summed E-state index contributed by atoms with van der Waals surface area (Å²) in [6.07, 6.45) is 3.48. The lowest BCUT2D eigenvalue weighted by molar-refractivity contribution is -0.123. The molecule has 2 unspecified atom stereocenters. The first-order valence-electron chi connectivity index (χ1n) is 6.92. The van der Waals surface area contributed by atoms with E-state index in [1.807, 2.05) is 18.3 Å². The molecule has 1 aliphatic carbocycles. The van der Waals surface area contributed by atoms with Gasteiger partial charge in [-0.05, 0) is 60.4 Å². The second kappa shape index (κ2) is 7.72. The number of thiophene rings is 1. The molecule has 0 bridgehead atoms. The molecule has 4 nitrogen and oxygen atoms in total. The third kappa shape index (κ3) is 4.16. The van der Waals surface area contributed by atoms with Gasteiger partial charge in [-0.25, -0.2) is 0 Å². The van der Waals surface area contributed by atoms with E-state index in [0.29, 0.717) is 19.2 Å². The van der Waals surface area contributed by atoms with E-state index in [2.05, 4.69) is 39.3 Å². The predicted molar refractivity (Wildman–Crippen MR) is 90.2 cm³/mol. The van der Waals surface area contributed by atoms with Crippen molar-refractivity contribution in [3.05, 3.63) is 19.4 Å². The van der Waals surface area contributed by atoms with Gasteiger partial charge in [-0.15, -0.1) is 11.3 Å². The summed E-state index contributed by atoms with van der Waals surface area (Å²) in [5.41, 5.74) is 1.39. The zero-order valence-electron chi connectivity index (χ0n) is 11.9. The van der Waals surface area contributed by atoms with E-state index >= 15 is 0 Å². The van der Waals surface area contributed by atoms with Crippen LogP contribution in [0, 0.1) is 2.88 Å². The molecule has 112 valence electrons. The van der Waals surface area contributed by atoms with Gasteiger partial charge in [-0.2, -0.15) is 0 Å². The van der Waals surface area contributed by atoms with Gasteiger partial charge in [-0.3, -0.25) is 10.1 Å². The minimum atomic E-state index is -0.180. The molecule has 0 saturated carbocycles. The van der Waals surface area contributed by atoms with Crippen LogP contribution in [0.1, 0.15) is 36.2 Å². The maximum atomic E-state index is 12.0. The Hall–Kier alpha value is -0.180. The second-order valence-corrected chi connectivity index (χ2v) is 8.08. The summed E-state index contributed by atoms with van der Waals surface area (Å²) in [4.78, 5) is 13.5. The van der Waals surface area contributed by atoms with Gasteiger partial charge in [-0.1, -0.05) is 0 Å². The fourth-order valence-electron chi connectivity index (χ4n) is 2.50. The van der Waals surface area contributed by atoms with Crippen LogP contribution >= 0.6 is 33.9 Å².